The molecule has 42 heavy (non-hydrogen) atoms. The van der Waals surface area contributed by atoms with Gasteiger partial charge < -0.3 is 0 Å². The molecule has 0 bridgehead atoms. The zero-order valence-electron chi connectivity index (χ0n) is 24.3. The van der Waals surface area contributed by atoms with Gasteiger partial charge in [-0.3, -0.25) is 0 Å². The fourth-order valence-electron chi connectivity index (χ4n) is 7.36. The van der Waals surface area contributed by atoms with Gasteiger partial charge in [0, 0.05) is 0 Å². The average molecular weight is 681 g/mol. The minimum atomic E-state index is -4.02. The van der Waals surface area contributed by atoms with Gasteiger partial charge in [-0.25, -0.2) is 0 Å². The Morgan fingerprint density at radius 2 is 1.43 bits per heavy atom. The first-order valence-electron chi connectivity index (χ1n) is 15.0. The Balaban J connectivity index is 1.45. The molecule has 0 spiro atoms. The summed E-state index contributed by atoms with van der Waals surface area (Å²) in [6.07, 6.45) is 4.55. The van der Waals surface area contributed by atoms with Gasteiger partial charge in [0.2, 0.25) is 0 Å². The van der Waals surface area contributed by atoms with E-state index in [-0.39, 0.29) is 3.63 Å². The third-order valence-electron chi connectivity index (χ3n) is 9.00. The Morgan fingerprint density at radius 3 is 2.19 bits per heavy atom. The maximum absolute atomic E-state index is 7.92. The van der Waals surface area contributed by atoms with Crippen molar-refractivity contribution in [1.82, 2.24) is 0 Å². The Kier molecular flexibility index (Phi) is 7.56. The van der Waals surface area contributed by atoms with E-state index in [0.717, 1.165) is 12.8 Å². The SMILES string of the molecule is CCCC1=Cc2c(ccc(-c3ccccc3)c2-c2cc(C)cc(C)c2)[CH]1[Zr]([Cl])([Cl])[c]1cccc2c1[SiH2]c1ccccc1-2. The maximum atomic E-state index is 7.92. The Labute approximate surface area is 263 Å². The molecule has 0 N–H and O–H groups in total. The molecular formula is C38H34Cl2SiZr. The van der Waals surface area contributed by atoms with Crippen LogP contribution in [-0.2, 0) is 17.9 Å². The van der Waals surface area contributed by atoms with Crippen molar-refractivity contribution in [2.45, 2.75) is 37.2 Å². The summed E-state index contributed by atoms with van der Waals surface area (Å²) < 4.78 is 1.39. The standard InChI is InChI=1S/C26H25.C12H9Si.2ClH.Zr/c1-4-8-20-16-22-11-12-24(21-9-6-5-7-10-21)26(25(22)17-20)23-14-18(2)13-19(3)15-23;1-3-7-11-9(5-1)10-6-2-4-8-12(10)13-11;;;/h5-7,9-17H,4,8H2,1-3H3;1-7H,13H2;2*1H;/q;;;;+2/p-2. The van der Waals surface area contributed by atoms with E-state index in [1.165, 1.54) is 74.9 Å². The molecule has 1 atom stereocenters. The predicted molar refractivity (Wildman–Crippen MR) is 183 cm³/mol. The van der Waals surface area contributed by atoms with Crippen LogP contribution in [0.25, 0.3) is 39.5 Å². The molecular weight excluding hydrogens is 647 g/mol. The summed E-state index contributed by atoms with van der Waals surface area (Å²) in [7, 11) is 15.2. The monoisotopic (exact) mass is 678 g/mol. The van der Waals surface area contributed by atoms with E-state index in [2.05, 4.69) is 130 Å². The first kappa shape index (κ1) is 28.3. The number of fused-ring (bicyclic) bond motifs is 4. The van der Waals surface area contributed by atoms with Crippen molar-refractivity contribution in [1.29, 1.82) is 0 Å². The number of halogens is 2. The zero-order valence-corrected chi connectivity index (χ0v) is 29.7. The van der Waals surface area contributed by atoms with Crippen LogP contribution in [0.15, 0.2) is 109 Å². The van der Waals surface area contributed by atoms with Gasteiger partial charge in [0.05, 0.1) is 0 Å². The molecule has 1 heterocycles. The molecule has 0 fully saturated rings. The second-order valence-corrected chi connectivity index (χ2v) is 27.8. The summed E-state index contributed by atoms with van der Waals surface area (Å²) in [6.45, 7) is 6.66. The van der Waals surface area contributed by atoms with Crippen molar-refractivity contribution in [2.75, 3.05) is 0 Å². The first-order valence-corrected chi connectivity index (χ1v) is 25.4. The fraction of sp³-hybridized carbons (Fsp3) is 0.158. The van der Waals surface area contributed by atoms with Crippen LogP contribution in [0.4, 0.5) is 0 Å². The number of hydrogen-bond donors (Lipinski definition) is 0. The Morgan fingerprint density at radius 1 is 0.714 bits per heavy atom. The quantitative estimate of drug-likeness (QED) is 0.154. The van der Waals surface area contributed by atoms with Crippen molar-refractivity contribution in [3.05, 3.63) is 131 Å². The summed E-state index contributed by atoms with van der Waals surface area (Å²) in [4.78, 5) is 0. The molecule has 0 saturated heterocycles. The average Bonchev–Trinajstić information content (AvgIpc) is 3.55. The van der Waals surface area contributed by atoms with Crippen LogP contribution in [0.3, 0.4) is 0 Å². The zero-order chi connectivity index (χ0) is 29.0. The van der Waals surface area contributed by atoms with Crippen LogP contribution in [0.5, 0.6) is 0 Å². The van der Waals surface area contributed by atoms with Crippen molar-refractivity contribution >= 4 is 46.3 Å². The van der Waals surface area contributed by atoms with Crippen LogP contribution < -0.4 is 13.6 Å². The number of allylic oxidation sites excluding steroid dienone is 1. The predicted octanol–water partition coefficient (Wildman–Crippen LogP) is 8.76. The summed E-state index contributed by atoms with van der Waals surface area (Å²) in [5, 5.41) is 3.00. The van der Waals surface area contributed by atoms with Crippen LogP contribution in [0.2, 0.25) is 0 Å². The van der Waals surface area contributed by atoms with E-state index >= 15 is 0 Å². The molecule has 4 heteroatoms. The fourth-order valence-corrected chi connectivity index (χ4v) is 24.2. The van der Waals surface area contributed by atoms with E-state index in [1.54, 1.807) is 0 Å². The normalized spacial score (nSPS) is 15.8. The van der Waals surface area contributed by atoms with Gasteiger partial charge in [-0.15, -0.1) is 0 Å². The van der Waals surface area contributed by atoms with Gasteiger partial charge in [-0.2, -0.15) is 0 Å². The molecule has 1 aliphatic carbocycles. The van der Waals surface area contributed by atoms with Crippen molar-refractivity contribution in [3.63, 3.8) is 0 Å². The Hall–Kier alpha value is -2.48. The number of hydrogen-bond acceptors (Lipinski definition) is 0. The van der Waals surface area contributed by atoms with Gasteiger partial charge in [0.15, 0.2) is 0 Å². The molecule has 5 aromatic carbocycles. The van der Waals surface area contributed by atoms with E-state index in [0.29, 0.717) is 0 Å². The first-order chi connectivity index (χ1) is 20.4. The topological polar surface area (TPSA) is 0 Å². The molecule has 7 rings (SSSR count). The van der Waals surface area contributed by atoms with E-state index in [4.69, 9.17) is 17.0 Å². The van der Waals surface area contributed by atoms with Crippen LogP contribution in [0.1, 0.15) is 45.6 Å². The molecule has 5 aromatic rings. The van der Waals surface area contributed by atoms with Gasteiger partial charge in [-0.1, -0.05) is 0 Å². The van der Waals surface area contributed by atoms with Crippen LogP contribution >= 0.6 is 17.0 Å². The second kappa shape index (κ2) is 11.2. The van der Waals surface area contributed by atoms with E-state index in [1.807, 2.05) is 0 Å². The molecule has 0 saturated carbocycles. The van der Waals surface area contributed by atoms with Gasteiger partial charge in [0.25, 0.3) is 0 Å². The molecule has 0 radical (unpaired) electrons. The van der Waals surface area contributed by atoms with Crippen molar-refractivity contribution in [3.8, 4) is 33.4 Å². The third-order valence-corrected chi connectivity index (χ3v) is 23.3. The van der Waals surface area contributed by atoms with Gasteiger partial charge in [-0.05, 0) is 0 Å². The Bertz CT molecular complexity index is 1850. The van der Waals surface area contributed by atoms with Crippen molar-refractivity contribution < 1.29 is 17.9 Å². The molecule has 0 amide bonds. The molecule has 1 unspecified atom stereocenters. The summed E-state index contributed by atoms with van der Waals surface area (Å²) >= 11 is -4.02. The number of aryl methyl sites for hydroxylation is 2. The van der Waals surface area contributed by atoms with Gasteiger partial charge in [0.1, 0.15) is 0 Å². The summed E-state index contributed by atoms with van der Waals surface area (Å²) in [5.74, 6) is 0. The van der Waals surface area contributed by atoms with E-state index < -0.39 is 27.4 Å². The minimum absolute atomic E-state index is 0.0938. The summed E-state index contributed by atoms with van der Waals surface area (Å²) in [5.41, 5.74) is 14.4. The van der Waals surface area contributed by atoms with Crippen LogP contribution in [0, 0.1) is 13.8 Å². The second-order valence-electron chi connectivity index (χ2n) is 11.9. The van der Waals surface area contributed by atoms with Crippen LogP contribution in [-0.4, -0.2) is 9.52 Å². The number of rotatable bonds is 6. The summed E-state index contributed by atoms with van der Waals surface area (Å²) in [6, 6.07) is 38.0. The van der Waals surface area contributed by atoms with Gasteiger partial charge >= 0.3 is 266 Å². The van der Waals surface area contributed by atoms with E-state index in [9.17, 15) is 0 Å². The van der Waals surface area contributed by atoms with Crippen molar-refractivity contribution in [2.24, 2.45) is 0 Å². The molecule has 0 aromatic heterocycles. The molecule has 208 valence electrons. The molecule has 0 nitrogen and oxygen atoms in total. The molecule has 2 aliphatic rings. The third kappa shape index (κ3) is 4.76. The molecule has 1 aliphatic heterocycles. The number of benzene rings is 5.